The summed E-state index contributed by atoms with van der Waals surface area (Å²) in [7, 11) is 3.78. The van der Waals surface area contributed by atoms with Crippen LogP contribution >= 0.6 is 12.2 Å². The fourth-order valence-electron chi connectivity index (χ4n) is 0.839. The molecule has 1 rings (SSSR count). The second-order valence-corrected chi connectivity index (χ2v) is 3.07. The van der Waals surface area contributed by atoms with Gasteiger partial charge in [0, 0.05) is 26.5 Å². The summed E-state index contributed by atoms with van der Waals surface area (Å²) >= 11 is 4.80. The molecule has 1 aromatic rings. The summed E-state index contributed by atoms with van der Waals surface area (Å²) in [5.74, 6) is 0.949. The first-order valence-electron chi connectivity index (χ1n) is 3.58. The molecule has 0 spiro atoms. The van der Waals surface area contributed by atoms with Crippen LogP contribution in [0.25, 0.3) is 0 Å². The van der Waals surface area contributed by atoms with Gasteiger partial charge in [0.25, 0.3) is 0 Å². The molecule has 12 heavy (non-hydrogen) atoms. The SMILES string of the molecule is CN(Cc1nccn1C)C(N)=S. The lowest BCUT2D eigenvalue weighted by Gasteiger charge is -2.15. The van der Waals surface area contributed by atoms with Crippen LogP contribution in [0.5, 0.6) is 0 Å². The minimum absolute atomic E-state index is 0.387. The van der Waals surface area contributed by atoms with Crippen LogP contribution in [-0.2, 0) is 13.6 Å². The lowest BCUT2D eigenvalue weighted by molar-refractivity contribution is 0.477. The van der Waals surface area contributed by atoms with E-state index >= 15 is 0 Å². The van der Waals surface area contributed by atoms with Gasteiger partial charge >= 0.3 is 0 Å². The van der Waals surface area contributed by atoms with Crippen molar-refractivity contribution in [2.75, 3.05) is 7.05 Å². The first kappa shape index (κ1) is 8.99. The van der Waals surface area contributed by atoms with E-state index in [1.165, 1.54) is 0 Å². The molecule has 1 aromatic heterocycles. The average molecular weight is 184 g/mol. The number of rotatable bonds is 2. The van der Waals surface area contributed by atoms with Gasteiger partial charge in [-0.25, -0.2) is 4.98 Å². The van der Waals surface area contributed by atoms with Crippen molar-refractivity contribution in [3.8, 4) is 0 Å². The second-order valence-electron chi connectivity index (χ2n) is 2.65. The van der Waals surface area contributed by atoms with Gasteiger partial charge in [-0.05, 0) is 12.2 Å². The Labute approximate surface area is 77.0 Å². The molecule has 0 saturated carbocycles. The Balaban J connectivity index is 2.64. The third kappa shape index (κ3) is 1.94. The first-order valence-corrected chi connectivity index (χ1v) is 3.99. The van der Waals surface area contributed by atoms with Crippen LogP contribution < -0.4 is 5.73 Å². The van der Waals surface area contributed by atoms with E-state index in [2.05, 4.69) is 4.98 Å². The molecule has 0 fully saturated rings. The van der Waals surface area contributed by atoms with E-state index in [-0.39, 0.29) is 0 Å². The van der Waals surface area contributed by atoms with Crippen molar-refractivity contribution >= 4 is 17.3 Å². The van der Waals surface area contributed by atoms with Crippen molar-refractivity contribution in [2.24, 2.45) is 12.8 Å². The zero-order valence-corrected chi connectivity index (χ0v) is 8.01. The molecule has 0 radical (unpaired) electrons. The van der Waals surface area contributed by atoms with Crippen molar-refractivity contribution in [3.05, 3.63) is 18.2 Å². The Bertz CT molecular complexity index is 281. The number of aromatic nitrogens is 2. The van der Waals surface area contributed by atoms with Gasteiger partial charge in [0.1, 0.15) is 5.82 Å². The van der Waals surface area contributed by atoms with Gasteiger partial charge in [-0.3, -0.25) is 0 Å². The Hall–Kier alpha value is -1.10. The molecular weight excluding hydrogens is 172 g/mol. The van der Waals surface area contributed by atoms with Gasteiger partial charge in [0.2, 0.25) is 0 Å². The van der Waals surface area contributed by atoms with Gasteiger partial charge in [-0.15, -0.1) is 0 Å². The molecule has 0 saturated heterocycles. The highest BCUT2D eigenvalue weighted by molar-refractivity contribution is 7.80. The van der Waals surface area contributed by atoms with Crippen molar-refractivity contribution < 1.29 is 0 Å². The lowest BCUT2D eigenvalue weighted by atomic mass is 10.5. The standard InChI is InChI=1S/C7H12N4S/c1-10-4-3-9-6(10)5-11(2)7(8)12/h3-4H,5H2,1-2H3,(H2,8,12). The van der Waals surface area contributed by atoms with E-state index in [0.29, 0.717) is 11.7 Å². The summed E-state index contributed by atoms with van der Waals surface area (Å²) in [5, 5.41) is 0.387. The molecule has 0 aliphatic heterocycles. The molecule has 4 nitrogen and oxygen atoms in total. The van der Waals surface area contributed by atoms with Crippen LogP contribution in [-0.4, -0.2) is 26.6 Å². The Morgan fingerprint density at radius 1 is 1.83 bits per heavy atom. The molecule has 5 heteroatoms. The van der Waals surface area contributed by atoms with Crippen LogP contribution in [0.15, 0.2) is 12.4 Å². The fraction of sp³-hybridized carbons (Fsp3) is 0.429. The summed E-state index contributed by atoms with van der Waals surface area (Å²) in [6.07, 6.45) is 3.64. The minimum atomic E-state index is 0.387. The molecule has 0 aromatic carbocycles. The number of imidazole rings is 1. The van der Waals surface area contributed by atoms with Gasteiger partial charge < -0.3 is 15.2 Å². The highest BCUT2D eigenvalue weighted by atomic mass is 32.1. The van der Waals surface area contributed by atoms with E-state index in [9.17, 15) is 0 Å². The number of aryl methyl sites for hydroxylation is 1. The maximum absolute atomic E-state index is 5.42. The molecule has 66 valence electrons. The van der Waals surface area contributed by atoms with E-state index in [4.69, 9.17) is 18.0 Å². The molecule has 0 unspecified atom stereocenters. The zero-order chi connectivity index (χ0) is 9.14. The third-order valence-corrected chi connectivity index (χ3v) is 1.99. The van der Waals surface area contributed by atoms with Crippen LogP contribution in [0.4, 0.5) is 0 Å². The molecular formula is C7H12N4S. The minimum Gasteiger partial charge on any atom is -0.376 e. The maximum atomic E-state index is 5.42. The second kappa shape index (κ2) is 3.53. The summed E-state index contributed by atoms with van der Waals surface area (Å²) in [4.78, 5) is 5.92. The van der Waals surface area contributed by atoms with Crippen molar-refractivity contribution in [2.45, 2.75) is 6.54 Å². The molecule has 2 N–H and O–H groups in total. The van der Waals surface area contributed by atoms with Crippen LogP contribution in [0.1, 0.15) is 5.82 Å². The summed E-state index contributed by atoms with van der Waals surface area (Å²) in [5.41, 5.74) is 5.42. The van der Waals surface area contributed by atoms with Crippen LogP contribution in [0.2, 0.25) is 0 Å². The lowest BCUT2D eigenvalue weighted by Crippen LogP contribution is -2.32. The van der Waals surface area contributed by atoms with Gasteiger partial charge in [-0.1, -0.05) is 0 Å². The number of thiocarbonyl (C=S) groups is 1. The average Bonchev–Trinajstić information content (AvgIpc) is 2.36. The van der Waals surface area contributed by atoms with Gasteiger partial charge in [-0.2, -0.15) is 0 Å². The van der Waals surface area contributed by atoms with Crippen LogP contribution in [0, 0.1) is 0 Å². The largest absolute Gasteiger partial charge is 0.376 e. The van der Waals surface area contributed by atoms with E-state index in [0.717, 1.165) is 5.82 Å². The number of hydrogen-bond acceptors (Lipinski definition) is 2. The number of nitrogens with two attached hydrogens (primary N) is 1. The topological polar surface area (TPSA) is 47.1 Å². The van der Waals surface area contributed by atoms with Gasteiger partial charge in [0.05, 0.1) is 6.54 Å². The van der Waals surface area contributed by atoms with Crippen molar-refractivity contribution in [1.82, 2.24) is 14.5 Å². The maximum Gasteiger partial charge on any atom is 0.166 e. The molecule has 0 amide bonds. The van der Waals surface area contributed by atoms with E-state index in [1.807, 2.05) is 24.9 Å². The van der Waals surface area contributed by atoms with Crippen LogP contribution in [0.3, 0.4) is 0 Å². The summed E-state index contributed by atoms with van der Waals surface area (Å²) < 4.78 is 1.94. The Morgan fingerprint density at radius 2 is 2.50 bits per heavy atom. The first-order chi connectivity index (χ1) is 5.61. The number of hydrogen-bond donors (Lipinski definition) is 1. The number of nitrogens with zero attached hydrogens (tertiary/aromatic N) is 3. The smallest absolute Gasteiger partial charge is 0.166 e. The highest BCUT2D eigenvalue weighted by Gasteiger charge is 2.04. The third-order valence-electron chi connectivity index (χ3n) is 1.68. The molecule has 0 aliphatic carbocycles. The van der Waals surface area contributed by atoms with Crippen molar-refractivity contribution in [3.63, 3.8) is 0 Å². The highest BCUT2D eigenvalue weighted by Crippen LogP contribution is 1.98. The van der Waals surface area contributed by atoms with E-state index < -0.39 is 0 Å². The molecule has 1 heterocycles. The predicted octanol–water partition coefficient (Wildman–Crippen LogP) is 0.0955. The quantitative estimate of drug-likeness (QED) is 0.662. The van der Waals surface area contributed by atoms with Crippen molar-refractivity contribution in [1.29, 1.82) is 0 Å². The Morgan fingerprint density at radius 3 is 2.92 bits per heavy atom. The Kier molecular flexibility index (Phi) is 2.65. The summed E-state index contributed by atoms with van der Waals surface area (Å²) in [6, 6.07) is 0. The molecule has 0 atom stereocenters. The van der Waals surface area contributed by atoms with Gasteiger partial charge in [0.15, 0.2) is 5.11 Å². The molecule has 0 bridgehead atoms. The zero-order valence-electron chi connectivity index (χ0n) is 7.19. The normalized spacial score (nSPS) is 9.83. The monoisotopic (exact) mass is 184 g/mol. The fourth-order valence-corrected chi connectivity index (χ4v) is 0.903. The predicted molar refractivity (Wildman–Crippen MR) is 51.5 cm³/mol. The molecule has 0 aliphatic rings. The summed E-state index contributed by atoms with van der Waals surface area (Å²) in [6.45, 7) is 0.652. The van der Waals surface area contributed by atoms with E-state index in [1.54, 1.807) is 11.1 Å².